The topological polar surface area (TPSA) is 29.9 Å². The van der Waals surface area contributed by atoms with Gasteiger partial charge in [0.1, 0.15) is 11.6 Å². The third-order valence-electron chi connectivity index (χ3n) is 4.00. The summed E-state index contributed by atoms with van der Waals surface area (Å²) < 4.78 is 29.1. The summed E-state index contributed by atoms with van der Waals surface area (Å²) in [5.74, 6) is -0.359. The Labute approximate surface area is 123 Å². The van der Waals surface area contributed by atoms with Crippen molar-refractivity contribution in [2.24, 2.45) is 0 Å². The maximum Gasteiger partial charge on any atom is 0.207 e. The molecule has 0 spiro atoms. The molecule has 1 aromatic heterocycles. The predicted molar refractivity (Wildman–Crippen MR) is 78.7 cm³/mol. The first-order chi connectivity index (χ1) is 10.1. The van der Waals surface area contributed by atoms with Crippen LogP contribution < -0.4 is 5.32 Å². The Morgan fingerprint density at radius 3 is 2.71 bits per heavy atom. The first-order valence-corrected chi connectivity index (χ1v) is 7.41. The molecule has 5 heteroatoms. The van der Waals surface area contributed by atoms with Gasteiger partial charge in [-0.25, -0.2) is 13.8 Å². The van der Waals surface area contributed by atoms with Crippen LogP contribution in [0.4, 0.5) is 20.4 Å². The van der Waals surface area contributed by atoms with Crippen LogP contribution >= 0.6 is 0 Å². The molecule has 0 saturated heterocycles. The van der Waals surface area contributed by atoms with E-state index in [4.69, 9.17) is 0 Å². The van der Waals surface area contributed by atoms with Crippen LogP contribution in [0.1, 0.15) is 43.8 Å². The van der Waals surface area contributed by atoms with Crippen molar-refractivity contribution in [2.75, 3.05) is 5.32 Å². The second kappa shape index (κ2) is 5.84. The lowest BCUT2D eigenvalue weighted by Crippen LogP contribution is -2.14. The highest BCUT2D eigenvalue weighted by molar-refractivity contribution is 5.55. The van der Waals surface area contributed by atoms with E-state index in [1.165, 1.54) is 19.3 Å². The third-order valence-corrected chi connectivity index (χ3v) is 4.00. The van der Waals surface area contributed by atoms with Gasteiger partial charge >= 0.3 is 0 Å². The van der Waals surface area contributed by atoms with Crippen molar-refractivity contribution in [3.8, 4) is 0 Å². The number of anilines is 2. The smallest absolute Gasteiger partial charge is 0.207 e. The van der Waals surface area contributed by atoms with Gasteiger partial charge in [0.2, 0.25) is 5.95 Å². The van der Waals surface area contributed by atoms with Crippen LogP contribution in [0, 0.1) is 18.6 Å². The first kappa shape index (κ1) is 14.0. The molecule has 0 amide bonds. The monoisotopic (exact) mass is 291 g/mol. The van der Waals surface area contributed by atoms with Crippen LogP contribution in [0.5, 0.6) is 0 Å². The van der Waals surface area contributed by atoms with E-state index < -0.39 is 11.6 Å². The van der Waals surface area contributed by atoms with Gasteiger partial charge in [-0.1, -0.05) is 19.3 Å². The zero-order valence-electron chi connectivity index (χ0n) is 12.1. The lowest BCUT2D eigenvalue weighted by molar-refractivity contribution is 0.356. The molecule has 1 saturated carbocycles. The first-order valence-electron chi connectivity index (χ1n) is 7.41. The van der Waals surface area contributed by atoms with Gasteiger partial charge in [-0.15, -0.1) is 0 Å². The van der Waals surface area contributed by atoms with Gasteiger partial charge in [-0.05, 0) is 31.9 Å². The van der Waals surface area contributed by atoms with Gasteiger partial charge in [0, 0.05) is 18.3 Å². The Hall–Kier alpha value is -1.91. The molecule has 1 heterocycles. The van der Waals surface area contributed by atoms with E-state index in [1.54, 1.807) is 0 Å². The van der Waals surface area contributed by atoms with Gasteiger partial charge in [-0.2, -0.15) is 0 Å². The number of halogens is 2. The number of aromatic nitrogens is 2. The number of imidazole rings is 1. The molecule has 3 rings (SSSR count). The fourth-order valence-electron chi connectivity index (χ4n) is 2.96. The van der Waals surface area contributed by atoms with Crippen molar-refractivity contribution in [1.82, 2.24) is 9.55 Å². The van der Waals surface area contributed by atoms with Crippen molar-refractivity contribution >= 4 is 11.6 Å². The SMILES string of the molecule is Cc1cn(C2CCCCC2)c(Nc2cc(F)ccc2F)n1. The highest BCUT2D eigenvalue weighted by Gasteiger charge is 2.19. The summed E-state index contributed by atoms with van der Waals surface area (Å²) >= 11 is 0. The molecule has 0 unspecified atom stereocenters. The van der Waals surface area contributed by atoms with E-state index in [-0.39, 0.29) is 5.69 Å². The molecular weight excluding hydrogens is 272 g/mol. The van der Waals surface area contributed by atoms with Crippen LogP contribution in [-0.4, -0.2) is 9.55 Å². The molecule has 112 valence electrons. The molecule has 0 atom stereocenters. The number of aryl methyl sites for hydroxylation is 1. The normalized spacial score (nSPS) is 16.1. The fraction of sp³-hybridized carbons (Fsp3) is 0.438. The summed E-state index contributed by atoms with van der Waals surface area (Å²) in [5.41, 5.74) is 0.998. The standard InChI is InChI=1S/C16H19F2N3/c1-11-10-21(13-5-3-2-4-6-13)16(19-11)20-15-9-12(17)7-8-14(15)18/h7-10,13H,2-6H2,1H3,(H,19,20). The highest BCUT2D eigenvalue weighted by Crippen LogP contribution is 2.32. The van der Waals surface area contributed by atoms with E-state index in [2.05, 4.69) is 14.9 Å². The van der Waals surface area contributed by atoms with E-state index >= 15 is 0 Å². The van der Waals surface area contributed by atoms with Crippen LogP contribution in [0.2, 0.25) is 0 Å². The summed E-state index contributed by atoms with van der Waals surface area (Å²) in [5, 5.41) is 2.94. The van der Waals surface area contributed by atoms with Crippen LogP contribution in [0.15, 0.2) is 24.4 Å². The zero-order chi connectivity index (χ0) is 14.8. The molecule has 0 bridgehead atoms. The fourth-order valence-corrected chi connectivity index (χ4v) is 2.96. The second-order valence-corrected chi connectivity index (χ2v) is 5.65. The molecule has 0 radical (unpaired) electrons. The lowest BCUT2D eigenvalue weighted by atomic mass is 9.95. The van der Waals surface area contributed by atoms with Crippen molar-refractivity contribution in [3.05, 3.63) is 41.7 Å². The number of rotatable bonds is 3. The minimum Gasteiger partial charge on any atom is -0.323 e. The quantitative estimate of drug-likeness (QED) is 0.887. The van der Waals surface area contributed by atoms with Crippen molar-refractivity contribution in [3.63, 3.8) is 0 Å². The van der Waals surface area contributed by atoms with Crippen molar-refractivity contribution < 1.29 is 8.78 Å². The van der Waals surface area contributed by atoms with Gasteiger partial charge in [0.25, 0.3) is 0 Å². The van der Waals surface area contributed by atoms with Crippen LogP contribution in [0.3, 0.4) is 0 Å². The minimum atomic E-state index is -0.479. The van der Waals surface area contributed by atoms with E-state index in [1.807, 2.05) is 13.1 Å². The molecule has 1 N–H and O–H groups in total. The van der Waals surface area contributed by atoms with Gasteiger partial charge in [0.15, 0.2) is 0 Å². The second-order valence-electron chi connectivity index (χ2n) is 5.65. The summed E-state index contributed by atoms with van der Waals surface area (Å²) in [4.78, 5) is 4.41. The zero-order valence-corrected chi connectivity index (χ0v) is 12.1. The summed E-state index contributed by atoms with van der Waals surface area (Å²) in [7, 11) is 0. The van der Waals surface area contributed by atoms with E-state index in [9.17, 15) is 8.78 Å². The highest BCUT2D eigenvalue weighted by atomic mass is 19.1. The third kappa shape index (κ3) is 3.06. The molecule has 21 heavy (non-hydrogen) atoms. The lowest BCUT2D eigenvalue weighted by Gasteiger charge is -2.24. The average molecular weight is 291 g/mol. The molecule has 2 aromatic rings. The average Bonchev–Trinajstić information content (AvgIpc) is 2.85. The summed E-state index contributed by atoms with van der Waals surface area (Å²) in [6.07, 6.45) is 7.87. The maximum atomic E-state index is 13.8. The molecule has 0 aliphatic heterocycles. The Morgan fingerprint density at radius 2 is 1.95 bits per heavy atom. The maximum absolute atomic E-state index is 13.8. The largest absolute Gasteiger partial charge is 0.323 e. The van der Waals surface area contributed by atoms with Crippen LogP contribution in [-0.2, 0) is 0 Å². The molecule has 1 aliphatic rings. The molecule has 3 nitrogen and oxygen atoms in total. The Kier molecular flexibility index (Phi) is 3.90. The van der Waals surface area contributed by atoms with E-state index in [0.29, 0.717) is 12.0 Å². The molecule has 1 aromatic carbocycles. The van der Waals surface area contributed by atoms with Gasteiger partial charge in [-0.3, -0.25) is 0 Å². The Balaban J connectivity index is 1.89. The molecular formula is C16H19F2N3. The van der Waals surface area contributed by atoms with Gasteiger partial charge in [0.05, 0.1) is 11.4 Å². The van der Waals surface area contributed by atoms with Gasteiger partial charge < -0.3 is 9.88 Å². The Morgan fingerprint density at radius 1 is 1.19 bits per heavy atom. The summed E-state index contributed by atoms with van der Waals surface area (Å²) in [6.45, 7) is 1.91. The predicted octanol–water partition coefficient (Wildman–Crippen LogP) is 4.72. The van der Waals surface area contributed by atoms with E-state index in [0.717, 1.165) is 36.7 Å². The minimum absolute atomic E-state index is 0.123. The van der Waals surface area contributed by atoms with Crippen molar-refractivity contribution in [2.45, 2.75) is 45.1 Å². The number of hydrogen-bond donors (Lipinski definition) is 1. The van der Waals surface area contributed by atoms with Crippen LogP contribution in [0.25, 0.3) is 0 Å². The number of nitrogens with zero attached hydrogens (tertiary/aromatic N) is 2. The molecule has 1 fully saturated rings. The van der Waals surface area contributed by atoms with Crippen molar-refractivity contribution in [1.29, 1.82) is 0 Å². The number of benzene rings is 1. The molecule has 1 aliphatic carbocycles. The number of nitrogens with one attached hydrogen (secondary N) is 1. The summed E-state index contributed by atoms with van der Waals surface area (Å²) in [6, 6.07) is 3.78. The number of hydrogen-bond acceptors (Lipinski definition) is 2. The Bertz CT molecular complexity index is 630.